The fourth-order valence-corrected chi connectivity index (χ4v) is 3.49. The Bertz CT molecular complexity index is 839. The molecule has 13 nitrogen and oxygen atoms in total. The summed E-state index contributed by atoms with van der Waals surface area (Å²) in [6.45, 7) is 0. The van der Waals surface area contributed by atoms with Gasteiger partial charge in [-0.25, -0.2) is 9.78 Å². The standard InChI is InChI=1S/C19H31N7O6S2/c1-34-5-4-12(19(31)32)24-17(29)13(6-10-7-22-9-23-10)25-18(30)14(8-33)26-16(28)11(20)2-3-15(21)27/h7,9,11-14,33H,2-6,8,20H2,1H3,(H2,21,27)(H,22,23)(H,24,29)(H,25,30)(H,26,28)(H,31,32). The second kappa shape index (κ2) is 15.2. The Kier molecular flexibility index (Phi) is 13.1. The van der Waals surface area contributed by atoms with Gasteiger partial charge >= 0.3 is 5.97 Å². The summed E-state index contributed by atoms with van der Waals surface area (Å²) in [5.74, 6) is -3.52. The molecule has 1 aromatic rings. The Morgan fingerprint density at radius 2 is 1.71 bits per heavy atom. The van der Waals surface area contributed by atoms with Crippen LogP contribution in [0.4, 0.5) is 0 Å². The first kappa shape index (κ1) is 29.3. The van der Waals surface area contributed by atoms with Crippen molar-refractivity contribution in [2.75, 3.05) is 17.8 Å². The van der Waals surface area contributed by atoms with Crippen LogP contribution in [0.15, 0.2) is 12.5 Å². The fraction of sp³-hybridized carbons (Fsp3) is 0.579. The molecule has 0 saturated heterocycles. The van der Waals surface area contributed by atoms with Gasteiger partial charge in [-0.3, -0.25) is 19.2 Å². The molecule has 0 saturated carbocycles. The number of imidazole rings is 1. The van der Waals surface area contributed by atoms with Crippen LogP contribution in [0, 0.1) is 0 Å². The molecule has 1 aromatic heterocycles. The number of aliphatic carboxylic acids is 1. The third-order valence-electron chi connectivity index (χ3n) is 4.69. The predicted octanol–water partition coefficient (Wildman–Crippen LogP) is -2.23. The van der Waals surface area contributed by atoms with E-state index < -0.39 is 53.8 Å². The van der Waals surface area contributed by atoms with Crippen LogP contribution in [0.3, 0.4) is 0 Å². The average Bonchev–Trinajstić information content (AvgIpc) is 3.30. The summed E-state index contributed by atoms with van der Waals surface area (Å²) in [6.07, 6.45) is 4.77. The number of carbonyl (C=O) groups is 5. The van der Waals surface area contributed by atoms with Crippen LogP contribution in [-0.4, -0.2) is 86.6 Å². The Morgan fingerprint density at radius 1 is 1.09 bits per heavy atom. The quantitative estimate of drug-likeness (QED) is 0.111. The highest BCUT2D eigenvalue weighted by Crippen LogP contribution is 2.05. The molecule has 0 spiro atoms. The second-order valence-electron chi connectivity index (χ2n) is 7.38. The van der Waals surface area contributed by atoms with E-state index in [4.69, 9.17) is 11.5 Å². The van der Waals surface area contributed by atoms with Gasteiger partial charge in [0.2, 0.25) is 23.6 Å². The minimum Gasteiger partial charge on any atom is -0.480 e. The van der Waals surface area contributed by atoms with E-state index in [2.05, 4.69) is 38.5 Å². The maximum absolute atomic E-state index is 12.9. The lowest BCUT2D eigenvalue weighted by molar-refractivity contribution is -0.142. The van der Waals surface area contributed by atoms with Crippen molar-refractivity contribution in [1.82, 2.24) is 25.9 Å². The van der Waals surface area contributed by atoms with Crippen LogP contribution >= 0.6 is 24.4 Å². The van der Waals surface area contributed by atoms with Gasteiger partial charge in [0.1, 0.15) is 18.1 Å². The van der Waals surface area contributed by atoms with Gasteiger partial charge in [0, 0.05) is 30.5 Å². The molecule has 1 rings (SSSR count). The molecule has 190 valence electrons. The Hall–Kier alpha value is -2.78. The first-order valence-corrected chi connectivity index (χ1v) is 12.4. The van der Waals surface area contributed by atoms with E-state index in [1.807, 2.05) is 6.26 Å². The number of aromatic nitrogens is 2. The van der Waals surface area contributed by atoms with Gasteiger partial charge < -0.3 is 37.5 Å². The number of nitrogens with one attached hydrogen (secondary N) is 4. The molecule has 0 bridgehead atoms. The Balaban J connectivity index is 2.90. The average molecular weight is 518 g/mol. The van der Waals surface area contributed by atoms with E-state index in [-0.39, 0.29) is 31.4 Å². The van der Waals surface area contributed by atoms with E-state index in [0.29, 0.717) is 11.4 Å². The van der Waals surface area contributed by atoms with Crippen molar-refractivity contribution in [3.05, 3.63) is 18.2 Å². The monoisotopic (exact) mass is 517 g/mol. The van der Waals surface area contributed by atoms with E-state index in [0.717, 1.165) is 0 Å². The summed E-state index contributed by atoms with van der Waals surface area (Å²) in [6, 6.07) is -4.50. The lowest BCUT2D eigenvalue weighted by Crippen LogP contribution is -2.58. The van der Waals surface area contributed by atoms with Crippen LogP contribution in [-0.2, 0) is 30.4 Å². The van der Waals surface area contributed by atoms with Gasteiger partial charge in [0.05, 0.1) is 12.4 Å². The van der Waals surface area contributed by atoms with Crippen LogP contribution < -0.4 is 27.4 Å². The molecule has 1 heterocycles. The first-order valence-electron chi connectivity index (χ1n) is 10.3. The van der Waals surface area contributed by atoms with E-state index in [1.54, 1.807) is 0 Å². The smallest absolute Gasteiger partial charge is 0.326 e. The minimum absolute atomic E-state index is 0.000442. The van der Waals surface area contributed by atoms with Crippen molar-refractivity contribution in [2.45, 2.75) is 49.9 Å². The van der Waals surface area contributed by atoms with Gasteiger partial charge in [-0.2, -0.15) is 24.4 Å². The van der Waals surface area contributed by atoms with Crippen molar-refractivity contribution < 1.29 is 29.1 Å². The summed E-state index contributed by atoms with van der Waals surface area (Å²) in [5.41, 5.74) is 11.3. The number of carboxylic acid groups (broad SMARTS) is 1. The number of carbonyl (C=O) groups excluding carboxylic acids is 4. The number of thiol groups is 1. The van der Waals surface area contributed by atoms with Crippen molar-refractivity contribution in [1.29, 1.82) is 0 Å². The maximum Gasteiger partial charge on any atom is 0.326 e. The molecule has 15 heteroatoms. The van der Waals surface area contributed by atoms with Crippen molar-refractivity contribution in [3.8, 4) is 0 Å². The third kappa shape index (κ3) is 10.4. The molecule has 0 aliphatic rings. The van der Waals surface area contributed by atoms with Gasteiger partial charge in [-0.05, 0) is 24.9 Å². The number of hydrogen-bond acceptors (Lipinski definition) is 9. The van der Waals surface area contributed by atoms with E-state index in [1.165, 1.54) is 24.3 Å². The molecular formula is C19H31N7O6S2. The number of hydrogen-bond donors (Lipinski definition) is 8. The predicted molar refractivity (Wildman–Crippen MR) is 129 cm³/mol. The van der Waals surface area contributed by atoms with Crippen molar-refractivity contribution >= 4 is 54.0 Å². The number of thioether (sulfide) groups is 1. The second-order valence-corrected chi connectivity index (χ2v) is 8.73. The summed E-state index contributed by atoms with van der Waals surface area (Å²) in [7, 11) is 0. The van der Waals surface area contributed by atoms with Crippen LogP contribution in [0.2, 0.25) is 0 Å². The number of nitrogens with two attached hydrogens (primary N) is 2. The number of carboxylic acids is 1. The normalized spacial score (nSPS) is 14.3. The maximum atomic E-state index is 12.9. The first-order chi connectivity index (χ1) is 16.1. The lowest BCUT2D eigenvalue weighted by atomic mass is 10.1. The Morgan fingerprint density at radius 3 is 2.24 bits per heavy atom. The van der Waals surface area contributed by atoms with Gasteiger partial charge in [0.15, 0.2) is 0 Å². The topological polar surface area (TPSA) is 222 Å². The SMILES string of the molecule is CSCCC(NC(=O)C(Cc1cnc[nH]1)NC(=O)C(CS)NC(=O)C(N)CCC(N)=O)C(=O)O. The zero-order valence-corrected chi connectivity index (χ0v) is 20.4. The van der Waals surface area contributed by atoms with E-state index >= 15 is 0 Å². The molecule has 4 amide bonds. The van der Waals surface area contributed by atoms with Crippen LogP contribution in [0.5, 0.6) is 0 Å². The highest BCUT2D eigenvalue weighted by Gasteiger charge is 2.30. The summed E-state index contributed by atoms with van der Waals surface area (Å²) < 4.78 is 0. The zero-order chi connectivity index (χ0) is 25.7. The molecule has 0 aromatic carbocycles. The fourth-order valence-electron chi connectivity index (χ4n) is 2.76. The third-order valence-corrected chi connectivity index (χ3v) is 5.70. The molecule has 0 radical (unpaired) electrons. The molecule has 4 atom stereocenters. The Labute approximate surface area is 206 Å². The van der Waals surface area contributed by atoms with Crippen molar-refractivity contribution in [3.63, 3.8) is 0 Å². The molecule has 0 aliphatic carbocycles. The molecule has 4 unspecified atom stereocenters. The van der Waals surface area contributed by atoms with Crippen LogP contribution in [0.25, 0.3) is 0 Å². The summed E-state index contributed by atoms with van der Waals surface area (Å²) in [4.78, 5) is 67.0. The molecule has 34 heavy (non-hydrogen) atoms. The highest BCUT2D eigenvalue weighted by atomic mass is 32.2. The lowest BCUT2D eigenvalue weighted by Gasteiger charge is -2.24. The van der Waals surface area contributed by atoms with Crippen LogP contribution in [0.1, 0.15) is 25.0 Å². The molecular weight excluding hydrogens is 486 g/mol. The summed E-state index contributed by atoms with van der Waals surface area (Å²) in [5, 5.41) is 16.8. The van der Waals surface area contributed by atoms with Gasteiger partial charge in [-0.1, -0.05) is 0 Å². The number of aromatic amines is 1. The minimum atomic E-state index is -1.19. The molecule has 9 N–H and O–H groups in total. The van der Waals surface area contributed by atoms with Gasteiger partial charge in [0.25, 0.3) is 0 Å². The number of primary amides is 1. The molecule has 0 fully saturated rings. The largest absolute Gasteiger partial charge is 0.480 e. The van der Waals surface area contributed by atoms with Gasteiger partial charge in [-0.15, -0.1) is 0 Å². The highest BCUT2D eigenvalue weighted by molar-refractivity contribution is 7.98. The molecule has 0 aliphatic heterocycles. The van der Waals surface area contributed by atoms with E-state index in [9.17, 15) is 29.1 Å². The number of H-pyrrole nitrogens is 1. The number of nitrogens with zero attached hydrogens (tertiary/aromatic N) is 1. The number of rotatable bonds is 16. The summed E-state index contributed by atoms with van der Waals surface area (Å²) >= 11 is 5.51. The van der Waals surface area contributed by atoms with Crippen molar-refractivity contribution in [2.24, 2.45) is 11.5 Å². The zero-order valence-electron chi connectivity index (χ0n) is 18.7. The number of amides is 4.